The van der Waals surface area contributed by atoms with Gasteiger partial charge in [-0.1, -0.05) is 24.3 Å². The van der Waals surface area contributed by atoms with Crippen LogP contribution < -0.4 is 10.1 Å². The summed E-state index contributed by atoms with van der Waals surface area (Å²) in [7, 11) is 1.73. The first-order valence-corrected chi connectivity index (χ1v) is 7.44. The Bertz CT molecular complexity index is 454. The molecular weight excluding hydrogens is 250 g/mol. The maximum Gasteiger partial charge on any atom is 0.129 e. The number of allylic oxidation sites excluding steroid dienone is 1. The van der Waals surface area contributed by atoms with Crippen LogP contribution in [-0.4, -0.2) is 33.4 Å². The van der Waals surface area contributed by atoms with Gasteiger partial charge in [0.2, 0.25) is 0 Å². The van der Waals surface area contributed by atoms with Crippen LogP contribution in [0, 0.1) is 0 Å². The van der Waals surface area contributed by atoms with E-state index in [1.165, 1.54) is 16.7 Å². The normalized spacial score (nSPS) is 14.8. The van der Waals surface area contributed by atoms with E-state index in [0.29, 0.717) is 0 Å². The van der Waals surface area contributed by atoms with Crippen molar-refractivity contribution in [1.82, 2.24) is 5.32 Å². The number of benzene rings is 1. The summed E-state index contributed by atoms with van der Waals surface area (Å²) in [6, 6.07) is 6.48. The molecule has 20 heavy (non-hydrogen) atoms. The third-order valence-electron chi connectivity index (χ3n) is 3.61. The minimum atomic E-state index is 0.767. The first-order valence-electron chi connectivity index (χ1n) is 7.44. The summed E-state index contributed by atoms with van der Waals surface area (Å²) < 4.78 is 10.9. The van der Waals surface area contributed by atoms with E-state index < -0.39 is 0 Å². The lowest BCUT2D eigenvalue weighted by Gasteiger charge is -2.20. The third kappa shape index (κ3) is 4.09. The molecule has 1 aliphatic heterocycles. The third-order valence-corrected chi connectivity index (χ3v) is 3.61. The monoisotopic (exact) mass is 275 g/mol. The van der Waals surface area contributed by atoms with Gasteiger partial charge >= 0.3 is 0 Å². The zero-order valence-electron chi connectivity index (χ0n) is 12.6. The van der Waals surface area contributed by atoms with Crippen molar-refractivity contribution in [1.29, 1.82) is 0 Å². The zero-order chi connectivity index (χ0) is 14.2. The smallest absolute Gasteiger partial charge is 0.129 e. The molecule has 0 fully saturated rings. The van der Waals surface area contributed by atoms with Gasteiger partial charge in [-0.15, -0.1) is 0 Å². The second kappa shape index (κ2) is 8.08. The molecule has 1 heterocycles. The minimum Gasteiger partial charge on any atom is -0.493 e. The summed E-state index contributed by atoms with van der Waals surface area (Å²) in [6.07, 6.45) is 5.57. The highest BCUT2D eigenvalue weighted by Gasteiger charge is 2.14. The van der Waals surface area contributed by atoms with E-state index in [-0.39, 0.29) is 0 Å². The number of fused-ring (bicyclic) bond motifs is 1. The molecule has 1 aromatic carbocycles. The molecule has 110 valence electrons. The molecule has 0 saturated heterocycles. The Morgan fingerprint density at radius 1 is 1.40 bits per heavy atom. The lowest BCUT2D eigenvalue weighted by Crippen LogP contribution is -2.19. The summed E-state index contributed by atoms with van der Waals surface area (Å²) in [6.45, 7) is 5.67. The van der Waals surface area contributed by atoms with E-state index >= 15 is 0 Å². The second-order valence-electron chi connectivity index (χ2n) is 5.16. The van der Waals surface area contributed by atoms with E-state index in [4.69, 9.17) is 9.47 Å². The standard InChI is InChI=1S/C17H25NO2/c1-14(6-4-10-18-11-13-19-2)16-9-3-7-15-8-5-12-20-17(15)16/h3,6-7,9,18H,4-5,8,10-13H2,1-2H3/b14-6-. The average molecular weight is 275 g/mol. The number of hydrogen-bond acceptors (Lipinski definition) is 3. The van der Waals surface area contributed by atoms with Gasteiger partial charge in [0, 0.05) is 19.2 Å². The predicted octanol–water partition coefficient (Wildman–Crippen LogP) is 3.04. The van der Waals surface area contributed by atoms with Crippen molar-refractivity contribution in [2.75, 3.05) is 33.4 Å². The average Bonchev–Trinajstić information content (AvgIpc) is 2.50. The fraction of sp³-hybridized carbons (Fsp3) is 0.529. The first kappa shape index (κ1) is 15.1. The van der Waals surface area contributed by atoms with E-state index in [1.54, 1.807) is 7.11 Å². The van der Waals surface area contributed by atoms with Crippen molar-refractivity contribution in [3.05, 3.63) is 35.4 Å². The molecule has 0 spiro atoms. The Morgan fingerprint density at radius 3 is 3.15 bits per heavy atom. The minimum absolute atomic E-state index is 0.767. The Labute approximate surface area is 122 Å². The number of methoxy groups -OCH3 is 1. The molecule has 0 aromatic heterocycles. The molecule has 1 aromatic rings. The summed E-state index contributed by atoms with van der Waals surface area (Å²) in [5, 5.41) is 3.35. The number of hydrogen-bond donors (Lipinski definition) is 1. The van der Waals surface area contributed by atoms with E-state index in [2.05, 4.69) is 36.5 Å². The number of ether oxygens (including phenoxy) is 2. The highest BCUT2D eigenvalue weighted by Crippen LogP contribution is 2.33. The van der Waals surface area contributed by atoms with Gasteiger partial charge in [-0.2, -0.15) is 0 Å². The van der Waals surface area contributed by atoms with Crippen molar-refractivity contribution in [3.63, 3.8) is 0 Å². The molecule has 0 radical (unpaired) electrons. The molecule has 2 rings (SSSR count). The molecule has 0 bridgehead atoms. The van der Waals surface area contributed by atoms with Gasteiger partial charge in [0.15, 0.2) is 0 Å². The molecule has 3 heteroatoms. The van der Waals surface area contributed by atoms with Gasteiger partial charge in [0.1, 0.15) is 5.75 Å². The molecule has 0 atom stereocenters. The summed E-state index contributed by atoms with van der Waals surface area (Å²) in [5.74, 6) is 1.10. The van der Waals surface area contributed by atoms with Crippen LogP contribution in [0.3, 0.4) is 0 Å². The number of nitrogens with one attached hydrogen (secondary N) is 1. The van der Waals surface area contributed by atoms with Gasteiger partial charge in [-0.25, -0.2) is 0 Å². The Kier molecular flexibility index (Phi) is 6.09. The van der Waals surface area contributed by atoms with Crippen LogP contribution in [0.2, 0.25) is 0 Å². The fourth-order valence-corrected chi connectivity index (χ4v) is 2.50. The lowest BCUT2D eigenvalue weighted by molar-refractivity contribution is 0.199. The molecule has 0 amide bonds. The Hall–Kier alpha value is -1.32. The van der Waals surface area contributed by atoms with Crippen LogP contribution in [-0.2, 0) is 11.2 Å². The van der Waals surface area contributed by atoms with Gasteiger partial charge in [0.25, 0.3) is 0 Å². The molecule has 1 aliphatic rings. The highest BCUT2D eigenvalue weighted by molar-refractivity contribution is 5.70. The van der Waals surface area contributed by atoms with Gasteiger partial charge in [-0.3, -0.25) is 0 Å². The quantitative estimate of drug-likeness (QED) is 0.776. The predicted molar refractivity (Wildman–Crippen MR) is 83.3 cm³/mol. The highest BCUT2D eigenvalue weighted by atomic mass is 16.5. The second-order valence-corrected chi connectivity index (χ2v) is 5.16. The molecule has 0 unspecified atom stereocenters. The largest absolute Gasteiger partial charge is 0.493 e. The fourth-order valence-electron chi connectivity index (χ4n) is 2.50. The Balaban J connectivity index is 1.93. The van der Waals surface area contributed by atoms with Crippen LogP contribution in [0.1, 0.15) is 30.9 Å². The molecule has 0 aliphatic carbocycles. The van der Waals surface area contributed by atoms with Gasteiger partial charge in [-0.05, 0) is 43.9 Å². The van der Waals surface area contributed by atoms with Crippen molar-refractivity contribution < 1.29 is 9.47 Å². The van der Waals surface area contributed by atoms with Crippen LogP contribution in [0.5, 0.6) is 5.75 Å². The SMILES string of the molecule is COCCNCC/C=C(/C)c1cccc2c1OCCC2. The molecular formula is C17H25NO2. The molecule has 3 nitrogen and oxygen atoms in total. The number of para-hydroxylation sites is 1. The summed E-state index contributed by atoms with van der Waals surface area (Å²) >= 11 is 0. The maximum absolute atomic E-state index is 5.86. The summed E-state index contributed by atoms with van der Waals surface area (Å²) in [4.78, 5) is 0. The number of rotatable bonds is 7. The molecule has 0 saturated carbocycles. The van der Waals surface area contributed by atoms with Crippen LogP contribution in [0.15, 0.2) is 24.3 Å². The Morgan fingerprint density at radius 2 is 2.30 bits per heavy atom. The summed E-state index contributed by atoms with van der Waals surface area (Å²) in [5.41, 5.74) is 3.90. The van der Waals surface area contributed by atoms with Crippen molar-refractivity contribution >= 4 is 5.57 Å². The van der Waals surface area contributed by atoms with Crippen molar-refractivity contribution in [2.45, 2.75) is 26.2 Å². The van der Waals surface area contributed by atoms with E-state index in [0.717, 1.165) is 51.3 Å². The van der Waals surface area contributed by atoms with E-state index in [1.807, 2.05) is 0 Å². The van der Waals surface area contributed by atoms with Crippen molar-refractivity contribution in [2.24, 2.45) is 0 Å². The lowest BCUT2D eigenvalue weighted by atomic mass is 9.98. The van der Waals surface area contributed by atoms with Crippen LogP contribution >= 0.6 is 0 Å². The number of aryl methyl sites for hydroxylation is 1. The van der Waals surface area contributed by atoms with Gasteiger partial charge in [0.05, 0.1) is 13.2 Å². The molecule has 1 N–H and O–H groups in total. The topological polar surface area (TPSA) is 30.5 Å². The van der Waals surface area contributed by atoms with Crippen LogP contribution in [0.25, 0.3) is 5.57 Å². The first-order chi connectivity index (χ1) is 9.83. The van der Waals surface area contributed by atoms with Crippen LogP contribution in [0.4, 0.5) is 0 Å². The zero-order valence-corrected chi connectivity index (χ0v) is 12.6. The van der Waals surface area contributed by atoms with Crippen molar-refractivity contribution in [3.8, 4) is 5.75 Å². The maximum atomic E-state index is 5.86. The van der Waals surface area contributed by atoms with Gasteiger partial charge < -0.3 is 14.8 Å². The van der Waals surface area contributed by atoms with E-state index in [9.17, 15) is 0 Å².